The van der Waals surface area contributed by atoms with Gasteiger partial charge < -0.3 is 19.5 Å². The molecule has 0 radical (unpaired) electrons. The summed E-state index contributed by atoms with van der Waals surface area (Å²) in [4.78, 5) is 32.1. The number of carbonyl (C=O) groups is 2. The number of aromatic nitrogens is 1. The van der Waals surface area contributed by atoms with Crippen molar-refractivity contribution < 1.29 is 14.3 Å². The molecule has 1 aliphatic heterocycles. The van der Waals surface area contributed by atoms with Gasteiger partial charge in [0, 0.05) is 49.4 Å². The van der Waals surface area contributed by atoms with Crippen LogP contribution in [0.1, 0.15) is 18.1 Å². The van der Waals surface area contributed by atoms with Crippen LogP contribution >= 0.6 is 0 Å². The molecule has 2 heterocycles. The van der Waals surface area contributed by atoms with E-state index in [9.17, 15) is 9.59 Å². The quantitative estimate of drug-likeness (QED) is 0.625. The van der Waals surface area contributed by atoms with Crippen molar-refractivity contribution in [2.45, 2.75) is 13.3 Å². The molecule has 6 nitrogen and oxygen atoms in total. The number of amides is 2. The highest BCUT2D eigenvalue weighted by Crippen LogP contribution is 2.19. The maximum absolute atomic E-state index is 12.8. The zero-order valence-electron chi connectivity index (χ0n) is 17.7. The number of nitrogens with zero attached hydrogens (tertiary/aromatic N) is 2. The highest BCUT2D eigenvalue weighted by Gasteiger charge is 2.23. The van der Waals surface area contributed by atoms with Gasteiger partial charge in [-0.2, -0.15) is 0 Å². The molecule has 2 aromatic carbocycles. The number of carbonyl (C=O) groups excluding carboxylic acids is 2. The molecule has 4 rings (SSSR count). The number of piperazine rings is 1. The number of hydrogen-bond acceptors (Lipinski definition) is 3. The molecule has 0 atom stereocenters. The average molecular weight is 418 g/mol. The molecule has 3 aromatic rings. The minimum Gasteiger partial charge on any atom is -0.494 e. The Morgan fingerprint density at radius 1 is 1.00 bits per heavy atom. The Morgan fingerprint density at radius 2 is 1.71 bits per heavy atom. The van der Waals surface area contributed by atoms with E-state index in [1.165, 1.54) is 0 Å². The first-order chi connectivity index (χ1) is 15.1. The van der Waals surface area contributed by atoms with Crippen molar-refractivity contribution in [2.75, 3.05) is 32.8 Å². The molecule has 0 spiro atoms. The van der Waals surface area contributed by atoms with Crippen molar-refractivity contribution in [3.05, 3.63) is 71.9 Å². The molecule has 0 bridgehead atoms. The second-order valence-electron chi connectivity index (χ2n) is 7.58. The van der Waals surface area contributed by atoms with Gasteiger partial charge in [0.05, 0.1) is 13.0 Å². The summed E-state index contributed by atoms with van der Waals surface area (Å²) >= 11 is 0. The maximum atomic E-state index is 12.8. The molecule has 1 aromatic heterocycles. The molecule has 0 unspecified atom stereocenters. The standard InChI is InChI=1S/C25H27N3O3/c1-2-31-21-10-7-19(8-11-21)9-12-24(29)27-13-15-28(16-14-27)25(30)17-20-18-26-23-6-4-3-5-22(20)23/h3-12,18,26H,2,13-17H2,1H3. The van der Waals surface area contributed by atoms with Gasteiger partial charge in [-0.1, -0.05) is 30.3 Å². The van der Waals surface area contributed by atoms with E-state index in [0.29, 0.717) is 39.2 Å². The number of hydrogen-bond donors (Lipinski definition) is 1. The van der Waals surface area contributed by atoms with Crippen LogP contribution in [-0.2, 0) is 16.0 Å². The molecule has 1 N–H and O–H groups in total. The maximum Gasteiger partial charge on any atom is 0.246 e. The number of rotatable bonds is 6. The number of aromatic amines is 1. The van der Waals surface area contributed by atoms with E-state index in [0.717, 1.165) is 27.8 Å². The lowest BCUT2D eigenvalue weighted by molar-refractivity contribution is -0.136. The summed E-state index contributed by atoms with van der Waals surface area (Å²) in [5.74, 6) is 0.888. The Hall–Kier alpha value is -3.54. The SMILES string of the molecule is CCOc1ccc(C=CC(=O)N2CCN(C(=O)Cc3c[nH]c4ccccc34)CC2)cc1. The zero-order chi connectivity index (χ0) is 21.6. The zero-order valence-corrected chi connectivity index (χ0v) is 17.7. The first kappa shape index (κ1) is 20.7. The molecule has 6 heteroatoms. The van der Waals surface area contributed by atoms with E-state index in [1.807, 2.05) is 72.6 Å². The monoisotopic (exact) mass is 417 g/mol. The van der Waals surface area contributed by atoms with E-state index < -0.39 is 0 Å². The van der Waals surface area contributed by atoms with Gasteiger partial charge in [0.2, 0.25) is 11.8 Å². The predicted molar refractivity (Wildman–Crippen MR) is 122 cm³/mol. The average Bonchev–Trinajstić information content (AvgIpc) is 3.21. The molecule has 31 heavy (non-hydrogen) atoms. The van der Waals surface area contributed by atoms with E-state index in [2.05, 4.69) is 4.98 Å². The third-order valence-electron chi connectivity index (χ3n) is 5.57. The minimum atomic E-state index is -0.0300. The van der Waals surface area contributed by atoms with E-state index in [4.69, 9.17) is 4.74 Å². The van der Waals surface area contributed by atoms with Gasteiger partial charge in [-0.3, -0.25) is 9.59 Å². The van der Waals surface area contributed by atoms with Crippen LogP contribution in [0.5, 0.6) is 5.75 Å². The smallest absolute Gasteiger partial charge is 0.246 e. The lowest BCUT2D eigenvalue weighted by Crippen LogP contribution is -2.50. The second-order valence-corrected chi connectivity index (χ2v) is 7.58. The van der Waals surface area contributed by atoms with Crippen molar-refractivity contribution in [2.24, 2.45) is 0 Å². The lowest BCUT2D eigenvalue weighted by atomic mass is 10.1. The van der Waals surface area contributed by atoms with Gasteiger partial charge in [0.25, 0.3) is 0 Å². The van der Waals surface area contributed by atoms with E-state index >= 15 is 0 Å². The number of nitrogens with one attached hydrogen (secondary N) is 1. The first-order valence-corrected chi connectivity index (χ1v) is 10.7. The van der Waals surface area contributed by atoms with Gasteiger partial charge >= 0.3 is 0 Å². The number of para-hydroxylation sites is 1. The summed E-state index contributed by atoms with van der Waals surface area (Å²) in [6.07, 6.45) is 5.69. The van der Waals surface area contributed by atoms with Crippen LogP contribution in [0.3, 0.4) is 0 Å². The number of benzene rings is 2. The van der Waals surface area contributed by atoms with Crippen LogP contribution in [0, 0.1) is 0 Å². The molecular weight excluding hydrogens is 390 g/mol. The largest absolute Gasteiger partial charge is 0.494 e. The first-order valence-electron chi connectivity index (χ1n) is 10.7. The fourth-order valence-electron chi connectivity index (χ4n) is 3.84. The van der Waals surface area contributed by atoms with Gasteiger partial charge in [0.1, 0.15) is 5.75 Å². The van der Waals surface area contributed by atoms with Crippen molar-refractivity contribution in [1.82, 2.24) is 14.8 Å². The molecule has 160 valence electrons. The Balaban J connectivity index is 1.28. The summed E-state index contributed by atoms with van der Waals surface area (Å²) in [5.41, 5.74) is 3.00. The van der Waals surface area contributed by atoms with Crippen molar-refractivity contribution >= 4 is 28.8 Å². The molecule has 0 saturated carbocycles. The van der Waals surface area contributed by atoms with Crippen LogP contribution in [-0.4, -0.2) is 59.4 Å². The highest BCUT2D eigenvalue weighted by molar-refractivity contribution is 5.92. The van der Waals surface area contributed by atoms with Gasteiger partial charge in [-0.15, -0.1) is 0 Å². The lowest BCUT2D eigenvalue weighted by Gasteiger charge is -2.34. The summed E-state index contributed by atoms with van der Waals surface area (Å²) < 4.78 is 5.43. The normalized spacial score (nSPS) is 14.4. The Morgan fingerprint density at radius 3 is 2.45 bits per heavy atom. The van der Waals surface area contributed by atoms with Crippen LogP contribution in [0.25, 0.3) is 17.0 Å². The minimum absolute atomic E-state index is 0.0300. The summed E-state index contributed by atoms with van der Waals surface area (Å²) in [7, 11) is 0. The number of H-pyrrole nitrogens is 1. The Labute approximate surface area is 182 Å². The molecule has 1 fully saturated rings. The Bertz CT molecular complexity index is 1080. The third kappa shape index (κ3) is 4.97. The van der Waals surface area contributed by atoms with Crippen LogP contribution in [0.2, 0.25) is 0 Å². The van der Waals surface area contributed by atoms with Gasteiger partial charge in [-0.25, -0.2) is 0 Å². The number of ether oxygens (including phenoxy) is 1. The summed E-state index contributed by atoms with van der Waals surface area (Å²) in [6.45, 7) is 4.79. The van der Waals surface area contributed by atoms with Gasteiger partial charge in [-0.05, 0) is 42.3 Å². The molecule has 1 saturated heterocycles. The molecule has 0 aliphatic carbocycles. The summed E-state index contributed by atoms with van der Waals surface area (Å²) in [5, 5.41) is 1.09. The fourth-order valence-corrected chi connectivity index (χ4v) is 3.84. The van der Waals surface area contributed by atoms with Gasteiger partial charge in [0.15, 0.2) is 0 Å². The fraction of sp³-hybridized carbons (Fsp3) is 0.280. The third-order valence-corrected chi connectivity index (χ3v) is 5.57. The van der Waals surface area contributed by atoms with Crippen molar-refractivity contribution in [3.8, 4) is 5.75 Å². The molecule has 2 amide bonds. The van der Waals surface area contributed by atoms with Crippen molar-refractivity contribution in [3.63, 3.8) is 0 Å². The van der Waals surface area contributed by atoms with Crippen molar-refractivity contribution in [1.29, 1.82) is 0 Å². The highest BCUT2D eigenvalue weighted by atomic mass is 16.5. The topological polar surface area (TPSA) is 65.6 Å². The van der Waals surface area contributed by atoms with Crippen LogP contribution in [0.4, 0.5) is 0 Å². The molecule has 1 aliphatic rings. The van der Waals surface area contributed by atoms with E-state index in [1.54, 1.807) is 11.0 Å². The summed E-state index contributed by atoms with van der Waals surface area (Å²) in [6, 6.07) is 15.6. The predicted octanol–water partition coefficient (Wildman–Crippen LogP) is 3.49. The van der Waals surface area contributed by atoms with Crippen LogP contribution < -0.4 is 4.74 Å². The second kappa shape index (κ2) is 9.51. The van der Waals surface area contributed by atoms with Crippen LogP contribution in [0.15, 0.2) is 60.8 Å². The number of fused-ring (bicyclic) bond motifs is 1. The Kier molecular flexibility index (Phi) is 6.36. The molecular formula is C25H27N3O3. The van der Waals surface area contributed by atoms with E-state index in [-0.39, 0.29) is 11.8 Å².